The third-order valence-electron chi connectivity index (χ3n) is 20.1. The van der Waals surface area contributed by atoms with Crippen LogP contribution in [0.1, 0.15) is 77.9 Å². The minimum atomic E-state index is -0.722. The minimum Gasteiger partial charge on any atom is -0.310 e. The van der Waals surface area contributed by atoms with Crippen LogP contribution < -0.4 is 9.80 Å². The van der Waals surface area contributed by atoms with Crippen molar-refractivity contribution in [2.45, 2.75) is 38.5 Å². The average Bonchev–Trinajstić information content (AvgIpc) is 1.53. The number of hydrogen-bond acceptors (Lipinski definition) is 2. The molecule has 14 aromatic carbocycles. The Hall–Kier alpha value is -11.5. The highest BCUT2D eigenvalue weighted by molar-refractivity contribution is 6.02. The number of benzene rings is 14. The first-order valence-electron chi connectivity index (χ1n) is 32.2. The van der Waals surface area contributed by atoms with E-state index in [1.165, 1.54) is 44.5 Å². The number of fused-ring (bicyclic) bond motifs is 8. The fraction of sp³-hybridized carbons (Fsp3) is 0.0667. The first kappa shape index (κ1) is 57.7. The predicted octanol–water partition coefficient (Wildman–Crippen LogP) is 24.1. The van der Waals surface area contributed by atoms with E-state index < -0.39 is 22.5 Å². The number of hydrogen-bond donors (Lipinski definition) is 0. The van der Waals surface area contributed by atoms with Crippen molar-refractivity contribution >= 4 is 67.8 Å². The molecule has 0 spiro atoms. The van der Waals surface area contributed by atoms with Crippen molar-refractivity contribution in [3.05, 3.63) is 394 Å². The van der Waals surface area contributed by atoms with Crippen molar-refractivity contribution < 1.29 is 8.78 Å². The van der Waals surface area contributed by atoms with E-state index in [1.54, 1.807) is 24.3 Å². The Morgan fingerprint density at radius 2 is 0.649 bits per heavy atom. The van der Waals surface area contributed by atoms with Crippen LogP contribution in [0.5, 0.6) is 0 Å². The molecule has 0 heterocycles. The van der Waals surface area contributed by atoms with Gasteiger partial charge in [0.05, 0.1) is 22.2 Å². The summed E-state index contributed by atoms with van der Waals surface area (Å²) in [5.74, 6) is -1.11. The van der Waals surface area contributed by atoms with E-state index in [4.69, 9.17) is 0 Å². The number of nitrogens with zero attached hydrogens (tertiary/aromatic N) is 2. The normalized spacial score (nSPS) is 15.1. The molecule has 0 N–H and O–H groups in total. The van der Waals surface area contributed by atoms with Gasteiger partial charge in [-0.3, -0.25) is 0 Å². The maximum atomic E-state index is 18.0. The zero-order valence-electron chi connectivity index (χ0n) is 52.9. The van der Waals surface area contributed by atoms with Crippen molar-refractivity contribution in [2.24, 2.45) is 0 Å². The molecular weight excluding hydrogens is 1150 g/mol. The van der Waals surface area contributed by atoms with Gasteiger partial charge in [-0.25, -0.2) is 8.78 Å². The quantitative estimate of drug-likeness (QED) is 0.114. The van der Waals surface area contributed by atoms with Gasteiger partial charge in [0.25, 0.3) is 0 Å². The molecule has 0 aromatic heterocycles. The summed E-state index contributed by atoms with van der Waals surface area (Å²) >= 11 is 0. The molecule has 14 aromatic rings. The molecule has 0 radical (unpaired) electrons. The fourth-order valence-corrected chi connectivity index (χ4v) is 15.7. The van der Waals surface area contributed by atoms with Crippen LogP contribution in [0.15, 0.2) is 304 Å². The second-order valence-corrected chi connectivity index (χ2v) is 25.3. The summed E-state index contributed by atoms with van der Waals surface area (Å²) in [6, 6.07) is 102. The van der Waals surface area contributed by atoms with E-state index in [-0.39, 0.29) is 11.1 Å². The first-order valence-corrected chi connectivity index (χ1v) is 32.2. The molecule has 2 nitrogen and oxygen atoms in total. The predicted molar refractivity (Wildman–Crippen MR) is 390 cm³/mol. The van der Waals surface area contributed by atoms with Crippen LogP contribution in [0.2, 0.25) is 0 Å². The van der Waals surface area contributed by atoms with Crippen LogP contribution in [-0.2, 0) is 10.8 Å². The molecular formula is C90H66F2N2. The second kappa shape index (κ2) is 22.7. The summed E-state index contributed by atoms with van der Waals surface area (Å²) in [5, 5.41) is 4.10. The Balaban J connectivity index is 0.853. The molecule has 2 aliphatic rings. The van der Waals surface area contributed by atoms with Gasteiger partial charge in [-0.05, 0) is 200 Å². The van der Waals surface area contributed by atoms with Crippen LogP contribution in [0.25, 0.3) is 67.1 Å². The molecule has 0 saturated heterocycles. The molecule has 16 rings (SSSR count). The average molecular weight is 1210 g/mol. The third kappa shape index (κ3) is 8.95. The summed E-state index contributed by atoms with van der Waals surface area (Å²) in [4.78, 5) is 4.32. The first-order chi connectivity index (χ1) is 46.0. The smallest absolute Gasteiger partial charge is 0.133 e. The van der Waals surface area contributed by atoms with Crippen molar-refractivity contribution in [2.75, 3.05) is 9.80 Å². The van der Waals surface area contributed by atoms with E-state index in [1.807, 2.05) is 48.6 Å². The molecule has 2 aliphatic carbocycles. The maximum absolute atomic E-state index is 18.0. The summed E-state index contributed by atoms with van der Waals surface area (Å²) in [6.07, 6.45) is 3.77. The van der Waals surface area contributed by atoms with Gasteiger partial charge in [0, 0.05) is 44.6 Å². The number of aryl methyl sites for hydroxylation is 4. The van der Waals surface area contributed by atoms with Gasteiger partial charge in [0.2, 0.25) is 0 Å². The molecule has 2 unspecified atom stereocenters. The Morgan fingerprint density at radius 1 is 0.298 bits per heavy atom. The van der Waals surface area contributed by atoms with Crippen molar-refractivity contribution in [1.29, 1.82) is 0 Å². The summed E-state index contributed by atoms with van der Waals surface area (Å²) in [5.41, 5.74) is 24.1. The van der Waals surface area contributed by atoms with E-state index in [2.05, 4.69) is 281 Å². The zero-order chi connectivity index (χ0) is 64.0. The molecule has 0 saturated carbocycles. The SMILES string of the molecule is C=Cc1ccc(C2(c3cc(C)ccc3C)c3ccccc3-c3ccc(N(c4ccc(-c5ccc(N(c6ccc7c(c6)C(c6ccc(C=C)cc6)(c6cc(C)ccc6C)c6ccccc6-7)c6cccc7ccccc67)cc5F)c(F)c4)c4cccc5ccccc45)cc32)cc1. The standard InChI is InChI=1S/C90H66F2N2/c1-7-61-35-39-65(40-36-61)89(81-51-57(3)31-33-59(81)5)79-27-15-13-25-73(79)75-47-43-67(53-83(75)89)93(87-29-17-21-63-19-9-11-23-71(63)87)69-45-49-77(85(91)55-69)78-50-46-70(56-86(78)92)94(88-30-18-22-64-20-10-12-24-72(64)88)68-44-48-76-74-26-14-16-28-80(74)90(84(76)54-68,66-41-37-62(8-2)38-42-66)82-52-58(4)32-34-60(82)6/h7-56H,1-2H2,3-6H3. The molecule has 450 valence electrons. The Labute approximate surface area is 549 Å². The van der Waals surface area contributed by atoms with Gasteiger partial charge in [-0.1, -0.05) is 255 Å². The highest BCUT2D eigenvalue weighted by Gasteiger charge is 2.49. The molecule has 94 heavy (non-hydrogen) atoms. The molecule has 0 fully saturated rings. The lowest BCUT2D eigenvalue weighted by Crippen LogP contribution is -2.30. The van der Waals surface area contributed by atoms with Crippen molar-refractivity contribution in [1.82, 2.24) is 0 Å². The molecule has 0 amide bonds. The van der Waals surface area contributed by atoms with Crippen LogP contribution in [0.3, 0.4) is 0 Å². The van der Waals surface area contributed by atoms with E-state index >= 15 is 8.78 Å². The van der Waals surface area contributed by atoms with Gasteiger partial charge in [0.15, 0.2) is 0 Å². The van der Waals surface area contributed by atoms with Crippen molar-refractivity contribution in [3.63, 3.8) is 0 Å². The number of halogens is 2. The van der Waals surface area contributed by atoms with E-state index in [0.717, 1.165) is 99.9 Å². The van der Waals surface area contributed by atoms with Gasteiger partial charge >= 0.3 is 0 Å². The van der Waals surface area contributed by atoms with Gasteiger partial charge in [-0.2, -0.15) is 0 Å². The van der Waals surface area contributed by atoms with Crippen LogP contribution in [0.4, 0.5) is 42.9 Å². The van der Waals surface area contributed by atoms with E-state index in [0.29, 0.717) is 11.4 Å². The zero-order valence-corrected chi connectivity index (χ0v) is 52.9. The Kier molecular flexibility index (Phi) is 13.9. The molecule has 0 bridgehead atoms. The Morgan fingerprint density at radius 3 is 1.05 bits per heavy atom. The lowest BCUT2D eigenvalue weighted by Gasteiger charge is -2.36. The number of anilines is 6. The monoisotopic (exact) mass is 1210 g/mol. The lowest BCUT2D eigenvalue weighted by molar-refractivity contribution is 0.616. The highest BCUT2D eigenvalue weighted by atomic mass is 19.1. The van der Waals surface area contributed by atoms with Gasteiger partial charge in [0.1, 0.15) is 11.6 Å². The molecule has 0 aliphatic heterocycles. The maximum Gasteiger partial charge on any atom is 0.133 e. The summed E-state index contributed by atoms with van der Waals surface area (Å²) in [6.45, 7) is 16.9. The van der Waals surface area contributed by atoms with Gasteiger partial charge in [-0.15, -0.1) is 0 Å². The minimum absolute atomic E-state index is 0.153. The largest absolute Gasteiger partial charge is 0.310 e. The summed E-state index contributed by atoms with van der Waals surface area (Å²) < 4.78 is 35.9. The van der Waals surface area contributed by atoms with Crippen LogP contribution in [-0.4, -0.2) is 0 Å². The Bertz CT molecular complexity index is 5060. The van der Waals surface area contributed by atoms with Crippen LogP contribution in [0, 0.1) is 39.3 Å². The third-order valence-corrected chi connectivity index (χ3v) is 20.1. The van der Waals surface area contributed by atoms with Crippen LogP contribution >= 0.6 is 0 Å². The second-order valence-electron chi connectivity index (χ2n) is 25.3. The summed E-state index contributed by atoms with van der Waals surface area (Å²) in [7, 11) is 0. The fourth-order valence-electron chi connectivity index (χ4n) is 15.7. The molecule has 4 heteroatoms. The highest BCUT2D eigenvalue weighted by Crippen LogP contribution is 2.60. The number of rotatable bonds is 13. The molecule has 2 atom stereocenters. The lowest BCUT2D eigenvalue weighted by atomic mass is 9.66. The van der Waals surface area contributed by atoms with Crippen molar-refractivity contribution in [3.8, 4) is 33.4 Å². The topological polar surface area (TPSA) is 6.48 Å². The van der Waals surface area contributed by atoms with Gasteiger partial charge < -0.3 is 9.80 Å². The van der Waals surface area contributed by atoms with E-state index in [9.17, 15) is 0 Å².